The fourth-order valence-corrected chi connectivity index (χ4v) is 2.21. The molecule has 98 valence electrons. The van der Waals surface area contributed by atoms with Crippen molar-refractivity contribution in [3.63, 3.8) is 0 Å². The Morgan fingerprint density at radius 2 is 1.74 bits per heavy atom. The summed E-state index contributed by atoms with van der Waals surface area (Å²) >= 11 is 3.36. The number of nitrogens with one attached hydrogen (secondary N) is 1. The van der Waals surface area contributed by atoms with Crippen molar-refractivity contribution in [1.82, 2.24) is 5.32 Å². The molecule has 0 aliphatic heterocycles. The van der Waals surface area contributed by atoms with Crippen molar-refractivity contribution >= 4 is 21.8 Å². The lowest BCUT2D eigenvalue weighted by atomic mass is 10.0. The number of rotatable bonds is 4. The monoisotopic (exact) mass is 317 g/mol. The van der Waals surface area contributed by atoms with Crippen LogP contribution in [0.5, 0.6) is 0 Å². The van der Waals surface area contributed by atoms with E-state index < -0.39 is 0 Å². The average Bonchev–Trinajstić information content (AvgIpc) is 2.46. The normalized spacial score (nSPS) is 11.9. The van der Waals surface area contributed by atoms with E-state index in [1.165, 1.54) is 0 Å². The molecule has 2 aromatic carbocycles. The second-order valence-electron chi connectivity index (χ2n) is 4.35. The van der Waals surface area contributed by atoms with Crippen LogP contribution >= 0.6 is 15.9 Å². The minimum atomic E-state index is -0.0387. The van der Waals surface area contributed by atoms with Crippen LogP contribution in [0, 0.1) is 0 Å². The molecule has 1 atom stereocenters. The number of carbonyl (C=O) groups excluding carboxylic acids is 1. The Balaban J connectivity index is 2.10. The minimum absolute atomic E-state index is 0.0387. The Hall–Kier alpha value is -1.61. The highest BCUT2D eigenvalue weighted by atomic mass is 79.9. The maximum Gasteiger partial charge on any atom is 0.251 e. The van der Waals surface area contributed by atoms with Crippen molar-refractivity contribution in [2.75, 3.05) is 0 Å². The largest absolute Gasteiger partial charge is 0.345 e. The first-order chi connectivity index (χ1) is 9.20. The quantitative estimate of drug-likeness (QED) is 0.893. The van der Waals surface area contributed by atoms with Crippen molar-refractivity contribution < 1.29 is 4.79 Å². The molecule has 0 aliphatic rings. The summed E-state index contributed by atoms with van der Waals surface area (Å²) in [6, 6.07) is 17.5. The molecule has 0 aliphatic carbocycles. The summed E-state index contributed by atoms with van der Waals surface area (Å²) in [5.74, 6) is -0.0387. The molecule has 0 aromatic heterocycles. The second-order valence-corrected chi connectivity index (χ2v) is 5.27. The zero-order chi connectivity index (χ0) is 13.7. The Bertz CT molecular complexity index is 536. The molecule has 1 amide bonds. The molecule has 0 spiro atoms. The van der Waals surface area contributed by atoms with E-state index in [0.29, 0.717) is 5.56 Å². The van der Waals surface area contributed by atoms with E-state index in [1.54, 1.807) is 0 Å². The summed E-state index contributed by atoms with van der Waals surface area (Å²) in [5, 5.41) is 3.06. The molecular weight excluding hydrogens is 302 g/mol. The van der Waals surface area contributed by atoms with Crippen LogP contribution in [0.4, 0.5) is 0 Å². The summed E-state index contributed by atoms with van der Waals surface area (Å²) in [7, 11) is 0. The van der Waals surface area contributed by atoms with Crippen LogP contribution in [0.1, 0.15) is 35.3 Å². The molecule has 0 radical (unpaired) electrons. The van der Waals surface area contributed by atoms with Crippen molar-refractivity contribution in [2.45, 2.75) is 19.4 Å². The average molecular weight is 318 g/mol. The fraction of sp³-hybridized carbons (Fsp3) is 0.188. The highest BCUT2D eigenvalue weighted by molar-refractivity contribution is 9.10. The molecule has 2 nitrogen and oxygen atoms in total. The topological polar surface area (TPSA) is 29.1 Å². The maximum atomic E-state index is 12.2. The first-order valence-electron chi connectivity index (χ1n) is 6.32. The summed E-state index contributed by atoms with van der Waals surface area (Å²) in [4.78, 5) is 12.2. The Morgan fingerprint density at radius 3 is 2.32 bits per heavy atom. The third-order valence-electron chi connectivity index (χ3n) is 3.02. The zero-order valence-corrected chi connectivity index (χ0v) is 12.4. The molecule has 0 saturated carbocycles. The number of amides is 1. The van der Waals surface area contributed by atoms with Gasteiger partial charge in [0.25, 0.3) is 5.91 Å². The van der Waals surface area contributed by atoms with E-state index in [4.69, 9.17) is 0 Å². The molecule has 2 aromatic rings. The van der Waals surface area contributed by atoms with Crippen LogP contribution in [0.25, 0.3) is 0 Å². The van der Waals surface area contributed by atoms with Crippen LogP contribution in [-0.2, 0) is 0 Å². The molecular formula is C16H16BrNO. The Morgan fingerprint density at radius 1 is 1.11 bits per heavy atom. The van der Waals surface area contributed by atoms with Crippen LogP contribution < -0.4 is 5.32 Å². The van der Waals surface area contributed by atoms with E-state index in [0.717, 1.165) is 16.5 Å². The summed E-state index contributed by atoms with van der Waals surface area (Å²) in [6.07, 6.45) is 0.867. The van der Waals surface area contributed by atoms with Gasteiger partial charge in [0.05, 0.1) is 6.04 Å². The fourth-order valence-electron chi connectivity index (χ4n) is 1.95. The Labute approximate surface area is 122 Å². The molecule has 0 saturated heterocycles. The molecule has 3 heteroatoms. The van der Waals surface area contributed by atoms with E-state index >= 15 is 0 Å². The lowest BCUT2D eigenvalue weighted by Crippen LogP contribution is -2.28. The van der Waals surface area contributed by atoms with Gasteiger partial charge in [0.2, 0.25) is 0 Å². The van der Waals surface area contributed by atoms with Gasteiger partial charge in [0.1, 0.15) is 0 Å². The van der Waals surface area contributed by atoms with E-state index in [-0.39, 0.29) is 11.9 Å². The predicted molar refractivity (Wildman–Crippen MR) is 81.1 cm³/mol. The molecule has 0 heterocycles. The van der Waals surface area contributed by atoms with Gasteiger partial charge in [0, 0.05) is 10.0 Å². The van der Waals surface area contributed by atoms with Gasteiger partial charge >= 0.3 is 0 Å². The number of hydrogen-bond donors (Lipinski definition) is 1. The van der Waals surface area contributed by atoms with E-state index in [9.17, 15) is 4.79 Å². The molecule has 19 heavy (non-hydrogen) atoms. The lowest BCUT2D eigenvalue weighted by Gasteiger charge is -2.17. The molecule has 1 N–H and O–H groups in total. The van der Waals surface area contributed by atoms with Crippen molar-refractivity contribution in [3.05, 3.63) is 70.2 Å². The van der Waals surface area contributed by atoms with Crippen LogP contribution in [0.3, 0.4) is 0 Å². The summed E-state index contributed by atoms with van der Waals surface area (Å²) < 4.78 is 0.971. The van der Waals surface area contributed by atoms with Gasteiger partial charge in [0.15, 0.2) is 0 Å². The highest BCUT2D eigenvalue weighted by Gasteiger charge is 2.13. The van der Waals surface area contributed by atoms with Gasteiger partial charge in [-0.1, -0.05) is 53.2 Å². The first-order valence-corrected chi connectivity index (χ1v) is 7.11. The molecule has 0 bridgehead atoms. The highest BCUT2D eigenvalue weighted by Crippen LogP contribution is 2.17. The third-order valence-corrected chi connectivity index (χ3v) is 3.55. The lowest BCUT2D eigenvalue weighted by molar-refractivity contribution is 0.0935. The van der Waals surface area contributed by atoms with Crippen molar-refractivity contribution in [3.8, 4) is 0 Å². The maximum absolute atomic E-state index is 12.2. The smallest absolute Gasteiger partial charge is 0.251 e. The van der Waals surface area contributed by atoms with Gasteiger partial charge < -0.3 is 5.32 Å². The number of hydrogen-bond acceptors (Lipinski definition) is 1. The van der Waals surface area contributed by atoms with E-state index in [2.05, 4.69) is 28.2 Å². The van der Waals surface area contributed by atoms with Crippen molar-refractivity contribution in [2.24, 2.45) is 0 Å². The minimum Gasteiger partial charge on any atom is -0.345 e. The van der Waals surface area contributed by atoms with Crippen LogP contribution in [0.15, 0.2) is 59.1 Å². The standard InChI is InChI=1S/C16H16BrNO/c1-2-15(12-6-4-3-5-7-12)18-16(19)13-8-10-14(17)11-9-13/h3-11,15H,2H2,1H3,(H,18,19)/t15-/m1/s1. The third kappa shape index (κ3) is 3.67. The van der Waals surface area contributed by atoms with Gasteiger partial charge in [-0.3, -0.25) is 4.79 Å². The Kier molecular flexibility index (Phi) is 4.74. The number of carbonyl (C=O) groups is 1. The SMILES string of the molecule is CC[C@@H](NC(=O)c1ccc(Br)cc1)c1ccccc1. The molecule has 2 rings (SSSR count). The van der Waals surface area contributed by atoms with Gasteiger partial charge in [-0.25, -0.2) is 0 Å². The molecule has 0 unspecified atom stereocenters. The van der Waals surface area contributed by atoms with Gasteiger partial charge in [-0.2, -0.15) is 0 Å². The predicted octanol–water partition coefficient (Wildman–Crippen LogP) is 4.33. The summed E-state index contributed by atoms with van der Waals surface area (Å²) in [6.45, 7) is 2.07. The van der Waals surface area contributed by atoms with Gasteiger partial charge in [-0.05, 0) is 36.2 Å². The number of benzene rings is 2. The second kappa shape index (κ2) is 6.53. The van der Waals surface area contributed by atoms with Gasteiger partial charge in [-0.15, -0.1) is 0 Å². The van der Waals surface area contributed by atoms with Crippen LogP contribution in [0.2, 0.25) is 0 Å². The summed E-state index contributed by atoms with van der Waals surface area (Å²) in [5.41, 5.74) is 1.81. The number of halogens is 1. The first kappa shape index (κ1) is 13.8. The molecule has 0 fully saturated rings. The zero-order valence-electron chi connectivity index (χ0n) is 10.8. The van der Waals surface area contributed by atoms with E-state index in [1.807, 2.05) is 54.6 Å². The van der Waals surface area contributed by atoms with Crippen LogP contribution in [-0.4, -0.2) is 5.91 Å². The van der Waals surface area contributed by atoms with Crippen molar-refractivity contribution in [1.29, 1.82) is 0 Å².